The number of methoxy groups -OCH3 is 1. The number of carbonyl (C=O) groups is 2. The van der Waals surface area contributed by atoms with Crippen LogP contribution in [0.3, 0.4) is 0 Å². The second-order valence-electron chi connectivity index (χ2n) is 6.62. The van der Waals surface area contributed by atoms with Gasteiger partial charge in [0.1, 0.15) is 5.75 Å². The van der Waals surface area contributed by atoms with Crippen LogP contribution in [0.15, 0.2) is 42.5 Å². The van der Waals surface area contributed by atoms with E-state index in [0.717, 1.165) is 23.2 Å². The molecule has 1 aliphatic rings. The molecular formula is C21H23NO4. The van der Waals surface area contributed by atoms with Gasteiger partial charge in [0.15, 0.2) is 6.10 Å². The maximum absolute atomic E-state index is 12.9. The summed E-state index contributed by atoms with van der Waals surface area (Å²) in [4.78, 5) is 27.0. The van der Waals surface area contributed by atoms with Gasteiger partial charge in [-0.3, -0.25) is 4.79 Å². The molecule has 3 rings (SSSR count). The molecule has 0 saturated carbocycles. The van der Waals surface area contributed by atoms with Gasteiger partial charge in [0.2, 0.25) is 0 Å². The lowest BCUT2D eigenvalue weighted by atomic mass is 10.1. The number of nitrogens with zero attached hydrogens (tertiary/aromatic N) is 1. The maximum atomic E-state index is 12.9. The molecule has 136 valence electrons. The minimum atomic E-state index is -0.872. The van der Waals surface area contributed by atoms with Gasteiger partial charge in [-0.15, -0.1) is 0 Å². The van der Waals surface area contributed by atoms with Crippen LogP contribution in [-0.2, 0) is 16.0 Å². The van der Waals surface area contributed by atoms with Crippen molar-refractivity contribution >= 4 is 17.6 Å². The zero-order valence-corrected chi connectivity index (χ0v) is 15.5. The Kier molecular flexibility index (Phi) is 4.98. The fourth-order valence-electron chi connectivity index (χ4n) is 3.32. The molecule has 1 heterocycles. The van der Waals surface area contributed by atoms with Crippen LogP contribution in [-0.4, -0.2) is 31.1 Å². The summed E-state index contributed by atoms with van der Waals surface area (Å²) in [5.74, 6) is -0.139. The fraction of sp³-hybridized carbons (Fsp3) is 0.333. The standard InChI is InChI=1S/C21H23NO4/c1-13-9-10-17(12-19(13)25-4)21(24)26-15(3)20(23)22-14(2)11-16-7-5-6-8-18(16)22/h5-10,12,14-15H,11H2,1-4H3/t14-,15+/m0/s1. The first-order valence-corrected chi connectivity index (χ1v) is 8.69. The van der Waals surface area contributed by atoms with Gasteiger partial charge in [-0.1, -0.05) is 24.3 Å². The Bertz CT molecular complexity index is 846. The van der Waals surface area contributed by atoms with Crippen molar-refractivity contribution in [3.63, 3.8) is 0 Å². The molecule has 0 spiro atoms. The fourth-order valence-corrected chi connectivity index (χ4v) is 3.32. The normalized spacial score (nSPS) is 16.8. The molecule has 0 aliphatic carbocycles. The van der Waals surface area contributed by atoms with E-state index in [1.807, 2.05) is 38.1 Å². The molecule has 1 aliphatic heterocycles. The molecule has 0 radical (unpaired) electrons. The van der Waals surface area contributed by atoms with E-state index in [4.69, 9.17) is 9.47 Å². The number of fused-ring (bicyclic) bond motifs is 1. The summed E-state index contributed by atoms with van der Waals surface area (Å²) in [5, 5.41) is 0. The highest BCUT2D eigenvalue weighted by Crippen LogP contribution is 2.32. The van der Waals surface area contributed by atoms with Crippen molar-refractivity contribution in [3.05, 3.63) is 59.2 Å². The van der Waals surface area contributed by atoms with Crippen LogP contribution in [0.4, 0.5) is 5.69 Å². The number of para-hydroxylation sites is 1. The van der Waals surface area contributed by atoms with Gasteiger partial charge in [0.05, 0.1) is 12.7 Å². The molecule has 2 atom stereocenters. The molecule has 0 bridgehead atoms. The van der Waals surface area contributed by atoms with Crippen molar-refractivity contribution in [2.24, 2.45) is 0 Å². The van der Waals surface area contributed by atoms with Crippen LogP contribution >= 0.6 is 0 Å². The first-order chi connectivity index (χ1) is 12.4. The van der Waals surface area contributed by atoms with Gasteiger partial charge in [-0.05, 0) is 56.5 Å². The summed E-state index contributed by atoms with van der Waals surface area (Å²) in [7, 11) is 1.55. The molecule has 0 fully saturated rings. The van der Waals surface area contributed by atoms with Gasteiger partial charge in [-0.2, -0.15) is 0 Å². The largest absolute Gasteiger partial charge is 0.496 e. The van der Waals surface area contributed by atoms with E-state index in [2.05, 4.69) is 0 Å². The third-order valence-corrected chi connectivity index (χ3v) is 4.72. The highest BCUT2D eigenvalue weighted by atomic mass is 16.5. The number of carbonyl (C=O) groups excluding carboxylic acids is 2. The highest BCUT2D eigenvalue weighted by Gasteiger charge is 2.34. The van der Waals surface area contributed by atoms with Crippen molar-refractivity contribution in [1.82, 2.24) is 0 Å². The zero-order chi connectivity index (χ0) is 18.8. The molecule has 26 heavy (non-hydrogen) atoms. The minimum absolute atomic E-state index is 0.0421. The van der Waals surface area contributed by atoms with Gasteiger partial charge >= 0.3 is 5.97 Å². The molecule has 1 amide bonds. The van der Waals surface area contributed by atoms with Crippen LogP contribution < -0.4 is 9.64 Å². The average molecular weight is 353 g/mol. The second-order valence-corrected chi connectivity index (χ2v) is 6.62. The highest BCUT2D eigenvalue weighted by molar-refractivity contribution is 6.01. The van der Waals surface area contributed by atoms with E-state index in [9.17, 15) is 9.59 Å². The topological polar surface area (TPSA) is 55.8 Å². The SMILES string of the molecule is COc1cc(C(=O)O[C@H](C)C(=O)N2c3ccccc3C[C@@H]2C)ccc1C. The van der Waals surface area contributed by atoms with E-state index < -0.39 is 12.1 Å². The van der Waals surface area contributed by atoms with Crippen LogP contribution in [0.25, 0.3) is 0 Å². The monoisotopic (exact) mass is 353 g/mol. The number of rotatable bonds is 4. The van der Waals surface area contributed by atoms with Crippen molar-refractivity contribution in [2.45, 2.75) is 39.3 Å². The Morgan fingerprint density at radius 1 is 1.19 bits per heavy atom. The molecule has 0 saturated heterocycles. The van der Waals surface area contributed by atoms with Crippen molar-refractivity contribution in [3.8, 4) is 5.75 Å². The van der Waals surface area contributed by atoms with Gasteiger partial charge < -0.3 is 14.4 Å². The summed E-state index contributed by atoms with van der Waals surface area (Å²) in [6.07, 6.45) is -0.0685. The van der Waals surface area contributed by atoms with Crippen LogP contribution in [0.5, 0.6) is 5.75 Å². The Morgan fingerprint density at radius 2 is 1.92 bits per heavy atom. The third-order valence-electron chi connectivity index (χ3n) is 4.72. The number of hydrogen-bond acceptors (Lipinski definition) is 4. The lowest BCUT2D eigenvalue weighted by molar-refractivity contribution is -0.126. The van der Waals surface area contributed by atoms with Crippen LogP contribution in [0, 0.1) is 6.92 Å². The van der Waals surface area contributed by atoms with E-state index in [-0.39, 0.29) is 11.9 Å². The van der Waals surface area contributed by atoms with Gasteiger partial charge in [0, 0.05) is 11.7 Å². The quantitative estimate of drug-likeness (QED) is 0.789. The van der Waals surface area contributed by atoms with Crippen LogP contribution in [0.2, 0.25) is 0 Å². The number of esters is 1. The van der Waals surface area contributed by atoms with E-state index in [1.54, 1.807) is 37.1 Å². The number of aryl methyl sites for hydroxylation is 1. The summed E-state index contributed by atoms with van der Waals surface area (Å²) < 4.78 is 10.7. The summed E-state index contributed by atoms with van der Waals surface area (Å²) in [6, 6.07) is 13.0. The molecule has 5 heteroatoms. The molecule has 0 unspecified atom stereocenters. The maximum Gasteiger partial charge on any atom is 0.339 e. The number of hydrogen-bond donors (Lipinski definition) is 0. The second kappa shape index (κ2) is 7.20. The first kappa shape index (κ1) is 18.0. The Balaban J connectivity index is 1.74. The number of amides is 1. The Morgan fingerprint density at radius 3 is 2.65 bits per heavy atom. The molecule has 2 aromatic carbocycles. The molecule has 0 aromatic heterocycles. The van der Waals surface area contributed by atoms with Gasteiger partial charge in [0.25, 0.3) is 5.91 Å². The predicted molar refractivity (Wildman–Crippen MR) is 99.7 cm³/mol. The molecule has 0 N–H and O–H groups in total. The Hall–Kier alpha value is -2.82. The van der Waals surface area contributed by atoms with E-state index in [0.29, 0.717) is 11.3 Å². The van der Waals surface area contributed by atoms with Crippen molar-refractivity contribution in [2.75, 3.05) is 12.0 Å². The summed E-state index contributed by atoms with van der Waals surface area (Å²) >= 11 is 0. The number of benzene rings is 2. The van der Waals surface area contributed by atoms with E-state index in [1.165, 1.54) is 0 Å². The van der Waals surface area contributed by atoms with Gasteiger partial charge in [-0.25, -0.2) is 4.79 Å². The third kappa shape index (κ3) is 3.29. The summed E-state index contributed by atoms with van der Waals surface area (Å²) in [6.45, 7) is 5.50. The first-order valence-electron chi connectivity index (χ1n) is 8.69. The smallest absolute Gasteiger partial charge is 0.339 e. The molecule has 2 aromatic rings. The Labute approximate surface area is 153 Å². The average Bonchev–Trinajstić information content (AvgIpc) is 2.96. The predicted octanol–water partition coefficient (Wildman–Crippen LogP) is 3.53. The van der Waals surface area contributed by atoms with Crippen molar-refractivity contribution < 1.29 is 19.1 Å². The lowest BCUT2D eigenvalue weighted by Gasteiger charge is -2.26. The van der Waals surface area contributed by atoms with E-state index >= 15 is 0 Å². The molecular weight excluding hydrogens is 330 g/mol. The lowest BCUT2D eigenvalue weighted by Crippen LogP contribution is -2.43. The number of anilines is 1. The minimum Gasteiger partial charge on any atom is -0.496 e. The molecule has 5 nitrogen and oxygen atoms in total. The summed E-state index contributed by atoms with van der Waals surface area (Å²) in [5.41, 5.74) is 3.32. The zero-order valence-electron chi connectivity index (χ0n) is 15.5. The number of ether oxygens (including phenoxy) is 2. The van der Waals surface area contributed by atoms with Crippen molar-refractivity contribution in [1.29, 1.82) is 0 Å². The van der Waals surface area contributed by atoms with Crippen LogP contribution in [0.1, 0.15) is 35.3 Å².